The third kappa shape index (κ3) is 6.03. The minimum Gasteiger partial charge on any atom is -0.497 e. The summed E-state index contributed by atoms with van der Waals surface area (Å²) in [4.78, 5) is 25.8. The summed E-state index contributed by atoms with van der Waals surface area (Å²) in [6.45, 7) is 6.41. The van der Waals surface area contributed by atoms with Gasteiger partial charge in [-0.2, -0.15) is 0 Å². The molecular weight excluding hydrogens is 448 g/mol. The molecule has 4 rings (SSSR count). The number of carbonyl (C=O) groups excluding carboxylic acids is 2. The van der Waals surface area contributed by atoms with E-state index in [-0.39, 0.29) is 17.2 Å². The summed E-state index contributed by atoms with van der Waals surface area (Å²) in [5.41, 5.74) is 5.81. The standard InChI is InChI=1S/C31H34N2O3/c1-5-6-7-21-8-10-23(11-9-21)30(35)32-25-15-12-22(13-16-25)29(34)19-28-27-18-26(36-4)17-14-24(27)20-31(2,3)33-28/h8-19,33H,5-7,20H2,1-4H3,(H,32,35)/b28-19-. The Morgan fingerprint density at radius 1 is 1.00 bits per heavy atom. The van der Waals surface area contributed by atoms with Crippen LogP contribution in [0.1, 0.15) is 71.0 Å². The molecule has 0 aromatic heterocycles. The first-order chi connectivity index (χ1) is 17.3. The molecule has 2 N–H and O–H groups in total. The van der Waals surface area contributed by atoms with Gasteiger partial charge in [-0.15, -0.1) is 0 Å². The number of nitrogens with one attached hydrogen (secondary N) is 2. The van der Waals surface area contributed by atoms with Gasteiger partial charge in [0.1, 0.15) is 5.75 Å². The molecule has 0 saturated carbocycles. The van der Waals surface area contributed by atoms with Crippen molar-refractivity contribution in [3.05, 3.63) is 101 Å². The predicted molar refractivity (Wildman–Crippen MR) is 146 cm³/mol. The number of fused-ring (bicyclic) bond motifs is 1. The Hall–Kier alpha value is -3.86. The lowest BCUT2D eigenvalue weighted by molar-refractivity contribution is 0.102. The molecule has 0 bridgehead atoms. The van der Waals surface area contributed by atoms with Gasteiger partial charge < -0.3 is 15.4 Å². The largest absolute Gasteiger partial charge is 0.497 e. The van der Waals surface area contributed by atoms with Crippen LogP contribution in [0.4, 0.5) is 5.69 Å². The van der Waals surface area contributed by atoms with Crippen LogP contribution in [0.2, 0.25) is 0 Å². The summed E-state index contributed by atoms with van der Waals surface area (Å²) in [7, 11) is 1.64. The number of carbonyl (C=O) groups is 2. The number of rotatable bonds is 8. The fraction of sp³-hybridized carbons (Fsp3) is 0.290. The molecule has 3 aromatic rings. The topological polar surface area (TPSA) is 67.4 Å². The van der Waals surface area contributed by atoms with Crippen LogP contribution in [-0.2, 0) is 12.8 Å². The Kier molecular flexibility index (Phi) is 7.58. The van der Waals surface area contributed by atoms with Crippen molar-refractivity contribution in [2.75, 3.05) is 12.4 Å². The molecule has 0 saturated heterocycles. The van der Waals surface area contributed by atoms with Gasteiger partial charge in [0.25, 0.3) is 5.91 Å². The number of ketones is 1. The second-order valence-corrected chi connectivity index (χ2v) is 9.96. The second-order valence-electron chi connectivity index (χ2n) is 9.96. The Labute approximate surface area is 213 Å². The van der Waals surface area contributed by atoms with Crippen molar-refractivity contribution in [3.63, 3.8) is 0 Å². The van der Waals surface area contributed by atoms with E-state index in [2.05, 4.69) is 37.5 Å². The van der Waals surface area contributed by atoms with Crippen LogP contribution in [0.3, 0.4) is 0 Å². The number of hydrogen-bond acceptors (Lipinski definition) is 4. The first-order valence-electron chi connectivity index (χ1n) is 12.5. The molecule has 1 aliphatic rings. The normalized spacial score (nSPS) is 15.1. The Morgan fingerprint density at radius 2 is 1.69 bits per heavy atom. The van der Waals surface area contributed by atoms with E-state index in [0.29, 0.717) is 16.8 Å². The third-order valence-electron chi connectivity index (χ3n) is 6.45. The fourth-order valence-corrected chi connectivity index (χ4v) is 4.49. The van der Waals surface area contributed by atoms with Crippen LogP contribution < -0.4 is 15.4 Å². The van der Waals surface area contributed by atoms with Crippen molar-refractivity contribution in [1.82, 2.24) is 5.32 Å². The van der Waals surface area contributed by atoms with Crippen molar-refractivity contribution in [3.8, 4) is 5.75 Å². The van der Waals surface area contributed by atoms with Gasteiger partial charge in [0.05, 0.1) is 7.11 Å². The number of allylic oxidation sites excluding steroid dienone is 1. The van der Waals surface area contributed by atoms with Gasteiger partial charge in [-0.1, -0.05) is 31.5 Å². The lowest BCUT2D eigenvalue weighted by Gasteiger charge is -2.35. The molecule has 36 heavy (non-hydrogen) atoms. The predicted octanol–water partition coefficient (Wildman–Crippen LogP) is 6.44. The average molecular weight is 483 g/mol. The van der Waals surface area contributed by atoms with Crippen molar-refractivity contribution in [1.29, 1.82) is 0 Å². The maximum absolute atomic E-state index is 13.1. The highest BCUT2D eigenvalue weighted by molar-refractivity contribution is 6.09. The highest BCUT2D eigenvalue weighted by Crippen LogP contribution is 2.32. The van der Waals surface area contributed by atoms with E-state index in [4.69, 9.17) is 4.74 Å². The van der Waals surface area contributed by atoms with Crippen LogP contribution in [0, 0.1) is 0 Å². The molecule has 0 spiro atoms. The zero-order valence-corrected chi connectivity index (χ0v) is 21.5. The van der Waals surface area contributed by atoms with Gasteiger partial charge in [-0.25, -0.2) is 0 Å². The van der Waals surface area contributed by atoms with E-state index >= 15 is 0 Å². The molecule has 5 heteroatoms. The van der Waals surface area contributed by atoms with E-state index in [1.54, 1.807) is 37.5 Å². The van der Waals surface area contributed by atoms with Crippen LogP contribution in [0.15, 0.2) is 72.8 Å². The van der Waals surface area contributed by atoms with Crippen molar-refractivity contribution < 1.29 is 14.3 Å². The van der Waals surface area contributed by atoms with Crippen LogP contribution in [-0.4, -0.2) is 24.3 Å². The van der Waals surface area contributed by atoms with Gasteiger partial charge in [0.2, 0.25) is 0 Å². The molecule has 0 atom stereocenters. The molecular formula is C31H34N2O3. The molecule has 5 nitrogen and oxygen atoms in total. The summed E-state index contributed by atoms with van der Waals surface area (Å²) in [5, 5.41) is 6.41. The van der Waals surface area contributed by atoms with Crippen molar-refractivity contribution >= 4 is 23.1 Å². The number of ether oxygens (including phenoxy) is 1. The average Bonchev–Trinajstić information content (AvgIpc) is 2.87. The zero-order valence-electron chi connectivity index (χ0n) is 21.5. The maximum atomic E-state index is 13.1. The Morgan fingerprint density at radius 3 is 2.36 bits per heavy atom. The number of amides is 1. The fourth-order valence-electron chi connectivity index (χ4n) is 4.49. The van der Waals surface area contributed by atoms with Crippen LogP contribution >= 0.6 is 0 Å². The third-order valence-corrected chi connectivity index (χ3v) is 6.45. The summed E-state index contributed by atoms with van der Waals surface area (Å²) < 4.78 is 5.39. The molecule has 1 amide bonds. The minimum atomic E-state index is -0.171. The number of benzene rings is 3. The lowest BCUT2D eigenvalue weighted by atomic mass is 9.85. The van der Waals surface area contributed by atoms with Gasteiger partial charge in [-0.3, -0.25) is 9.59 Å². The minimum absolute atomic E-state index is 0.107. The van der Waals surface area contributed by atoms with E-state index in [1.807, 2.05) is 36.4 Å². The molecule has 0 aliphatic carbocycles. The SMILES string of the molecule is CCCCc1ccc(C(=O)Nc2ccc(C(=O)/C=C3\NC(C)(C)Cc4ccc(OC)cc43)cc2)cc1. The highest BCUT2D eigenvalue weighted by Gasteiger charge is 2.28. The number of aryl methyl sites for hydroxylation is 1. The molecule has 1 heterocycles. The Balaban J connectivity index is 1.47. The first kappa shape index (κ1) is 25.2. The summed E-state index contributed by atoms with van der Waals surface area (Å²) in [6, 6.07) is 20.7. The van der Waals surface area contributed by atoms with Gasteiger partial charge in [0.15, 0.2) is 5.78 Å². The molecule has 186 valence electrons. The first-order valence-corrected chi connectivity index (χ1v) is 12.5. The van der Waals surface area contributed by atoms with Crippen molar-refractivity contribution in [2.45, 2.75) is 52.0 Å². The number of hydrogen-bond donors (Lipinski definition) is 2. The summed E-state index contributed by atoms with van der Waals surface area (Å²) in [5.74, 6) is 0.478. The number of unbranched alkanes of at least 4 members (excludes halogenated alkanes) is 1. The van der Waals surface area contributed by atoms with E-state index < -0.39 is 0 Å². The number of methoxy groups -OCH3 is 1. The van der Waals surface area contributed by atoms with E-state index in [0.717, 1.165) is 42.7 Å². The van der Waals surface area contributed by atoms with Crippen molar-refractivity contribution in [2.24, 2.45) is 0 Å². The molecule has 3 aromatic carbocycles. The second kappa shape index (κ2) is 10.8. The maximum Gasteiger partial charge on any atom is 0.255 e. The van der Waals surface area contributed by atoms with E-state index in [1.165, 1.54) is 11.1 Å². The van der Waals surface area contributed by atoms with Crippen LogP contribution in [0.25, 0.3) is 5.70 Å². The lowest BCUT2D eigenvalue weighted by Crippen LogP contribution is -2.43. The smallest absolute Gasteiger partial charge is 0.255 e. The Bertz CT molecular complexity index is 1270. The summed E-state index contributed by atoms with van der Waals surface area (Å²) in [6.07, 6.45) is 5.81. The van der Waals surface area contributed by atoms with E-state index in [9.17, 15) is 9.59 Å². The quantitative estimate of drug-likeness (QED) is 0.286. The van der Waals surface area contributed by atoms with Crippen LogP contribution in [0.5, 0.6) is 5.75 Å². The monoisotopic (exact) mass is 482 g/mol. The van der Waals surface area contributed by atoms with Gasteiger partial charge in [0, 0.05) is 39.7 Å². The summed E-state index contributed by atoms with van der Waals surface area (Å²) >= 11 is 0. The molecule has 0 fully saturated rings. The zero-order chi connectivity index (χ0) is 25.7. The van der Waals surface area contributed by atoms with Gasteiger partial charge in [-0.05, 0) is 92.8 Å². The molecule has 0 radical (unpaired) electrons. The highest BCUT2D eigenvalue weighted by atomic mass is 16.5. The molecule has 1 aliphatic heterocycles. The van der Waals surface area contributed by atoms with Gasteiger partial charge >= 0.3 is 0 Å². The molecule has 0 unspecified atom stereocenters. The number of anilines is 1.